The van der Waals surface area contributed by atoms with E-state index in [9.17, 15) is 4.79 Å². The average molecular weight is 380 g/mol. The monoisotopic (exact) mass is 379 g/mol. The summed E-state index contributed by atoms with van der Waals surface area (Å²) in [5.74, 6) is 0.516. The first-order valence-electron chi connectivity index (χ1n) is 8.54. The lowest BCUT2D eigenvalue weighted by atomic mass is 10.1. The molecule has 1 atom stereocenters. The van der Waals surface area contributed by atoms with Crippen molar-refractivity contribution in [1.29, 1.82) is 0 Å². The van der Waals surface area contributed by atoms with Crippen molar-refractivity contribution in [3.8, 4) is 5.75 Å². The van der Waals surface area contributed by atoms with Gasteiger partial charge in [0.05, 0.1) is 24.1 Å². The number of ether oxygens (including phenoxy) is 1. The van der Waals surface area contributed by atoms with Crippen LogP contribution in [0.1, 0.15) is 27.8 Å². The lowest BCUT2D eigenvalue weighted by Gasteiger charge is -2.27. The molecule has 1 unspecified atom stereocenters. The van der Waals surface area contributed by atoms with Crippen molar-refractivity contribution in [3.05, 3.63) is 82.6 Å². The number of hydrogen-bond donors (Lipinski definition) is 1. The van der Waals surface area contributed by atoms with Crippen molar-refractivity contribution in [3.63, 3.8) is 0 Å². The van der Waals surface area contributed by atoms with Gasteiger partial charge in [-0.25, -0.2) is 0 Å². The van der Waals surface area contributed by atoms with Crippen LogP contribution in [0.3, 0.4) is 0 Å². The summed E-state index contributed by atoms with van der Waals surface area (Å²) in [6.45, 7) is 1.92. The Morgan fingerprint density at radius 3 is 2.67 bits per heavy atom. The van der Waals surface area contributed by atoms with Crippen LogP contribution in [0, 0.1) is 6.92 Å². The first-order chi connectivity index (χ1) is 13.1. The number of aromatic nitrogens is 1. The number of para-hydroxylation sites is 1. The van der Waals surface area contributed by atoms with Crippen LogP contribution >= 0.6 is 11.6 Å². The number of nitrogens with one attached hydrogen (secondary N) is 1. The quantitative estimate of drug-likeness (QED) is 0.705. The second-order valence-corrected chi connectivity index (χ2v) is 6.70. The van der Waals surface area contributed by atoms with Crippen molar-refractivity contribution < 1.29 is 9.53 Å². The van der Waals surface area contributed by atoms with Gasteiger partial charge in [0.2, 0.25) is 0 Å². The maximum absolute atomic E-state index is 13.1. The van der Waals surface area contributed by atoms with E-state index in [0.717, 1.165) is 16.9 Å². The summed E-state index contributed by atoms with van der Waals surface area (Å²) in [6.07, 6.45) is 1.24. The van der Waals surface area contributed by atoms with E-state index in [1.54, 1.807) is 36.4 Å². The maximum atomic E-state index is 13.1. The molecule has 0 saturated carbocycles. The minimum Gasteiger partial charge on any atom is -0.495 e. The Morgan fingerprint density at radius 1 is 1.15 bits per heavy atom. The van der Waals surface area contributed by atoms with Gasteiger partial charge in [0.15, 0.2) is 6.17 Å². The molecule has 6 heteroatoms. The molecule has 3 aromatic rings. The molecule has 1 aliphatic heterocycles. The first kappa shape index (κ1) is 17.4. The minimum atomic E-state index is -0.453. The van der Waals surface area contributed by atoms with E-state index in [1.165, 1.54) is 0 Å². The molecule has 0 fully saturated rings. The predicted molar refractivity (Wildman–Crippen MR) is 107 cm³/mol. The Kier molecular flexibility index (Phi) is 4.46. The topological polar surface area (TPSA) is 54.5 Å². The number of nitrogens with zero attached hydrogens (tertiary/aromatic N) is 2. The highest BCUT2D eigenvalue weighted by Gasteiger charge is 2.39. The van der Waals surface area contributed by atoms with Crippen molar-refractivity contribution >= 4 is 28.9 Å². The van der Waals surface area contributed by atoms with Crippen molar-refractivity contribution in [1.82, 2.24) is 4.98 Å². The van der Waals surface area contributed by atoms with E-state index >= 15 is 0 Å². The summed E-state index contributed by atoms with van der Waals surface area (Å²) in [5, 5.41) is 4.05. The standard InChI is InChI=1S/C21H18ClN3O2/c1-13-11-17(18(27-2)12-16(13)22)24-20-19-15(9-6-10-23-19)21(26)25(20)14-7-4-3-5-8-14/h3-12,20,24H,1-2H3. The molecule has 1 amide bonds. The summed E-state index contributed by atoms with van der Waals surface area (Å²) in [4.78, 5) is 19.2. The number of benzene rings is 2. The number of carbonyl (C=O) groups is 1. The largest absolute Gasteiger partial charge is 0.495 e. The van der Waals surface area contributed by atoms with Crippen LogP contribution < -0.4 is 15.0 Å². The third-order valence-corrected chi connectivity index (χ3v) is 5.02. The second-order valence-electron chi connectivity index (χ2n) is 6.30. The van der Waals surface area contributed by atoms with E-state index in [4.69, 9.17) is 16.3 Å². The molecular weight excluding hydrogens is 362 g/mol. The number of halogens is 1. The summed E-state index contributed by atoms with van der Waals surface area (Å²) in [7, 11) is 1.59. The fourth-order valence-corrected chi connectivity index (χ4v) is 3.42. The van der Waals surface area contributed by atoms with Gasteiger partial charge in [-0.15, -0.1) is 0 Å². The van der Waals surface area contributed by atoms with Crippen molar-refractivity contribution in [2.75, 3.05) is 17.3 Å². The molecule has 1 aliphatic rings. The predicted octanol–water partition coefficient (Wildman–Crippen LogP) is 4.82. The fourth-order valence-electron chi connectivity index (χ4n) is 3.27. The molecule has 2 aromatic carbocycles. The number of anilines is 2. The van der Waals surface area contributed by atoms with Gasteiger partial charge in [0.1, 0.15) is 5.75 Å². The van der Waals surface area contributed by atoms with Crippen LogP contribution in [-0.2, 0) is 0 Å². The molecule has 1 N–H and O–H groups in total. The maximum Gasteiger partial charge on any atom is 0.262 e. The number of aryl methyl sites for hydroxylation is 1. The van der Waals surface area contributed by atoms with E-state index < -0.39 is 6.17 Å². The molecule has 0 radical (unpaired) electrons. The number of pyridine rings is 1. The van der Waals surface area contributed by atoms with Crippen molar-refractivity contribution in [2.24, 2.45) is 0 Å². The molecule has 27 heavy (non-hydrogen) atoms. The van der Waals surface area contributed by atoms with E-state index in [0.29, 0.717) is 22.0 Å². The Morgan fingerprint density at radius 2 is 1.93 bits per heavy atom. The van der Waals surface area contributed by atoms with Crippen LogP contribution in [0.15, 0.2) is 60.8 Å². The number of amides is 1. The lowest BCUT2D eigenvalue weighted by molar-refractivity contribution is 0.0993. The zero-order valence-corrected chi connectivity index (χ0v) is 15.7. The Balaban J connectivity index is 1.81. The normalized spacial score (nSPS) is 15.6. The number of methoxy groups -OCH3 is 1. The summed E-state index contributed by atoms with van der Waals surface area (Å²) in [6, 6.07) is 16.8. The van der Waals surface area contributed by atoms with Gasteiger partial charge in [0, 0.05) is 23.0 Å². The SMILES string of the molecule is COc1cc(Cl)c(C)cc1NC1c2ncccc2C(=O)N1c1ccccc1. The molecule has 0 spiro atoms. The van der Waals surface area contributed by atoms with Gasteiger partial charge in [-0.05, 0) is 42.8 Å². The molecule has 2 heterocycles. The lowest BCUT2D eigenvalue weighted by Crippen LogP contribution is -2.32. The number of hydrogen-bond acceptors (Lipinski definition) is 4. The highest BCUT2D eigenvalue weighted by Crippen LogP contribution is 2.39. The average Bonchev–Trinajstić information content (AvgIpc) is 2.97. The molecule has 136 valence electrons. The van der Waals surface area contributed by atoms with Gasteiger partial charge < -0.3 is 10.1 Å². The minimum absolute atomic E-state index is 0.0912. The van der Waals surface area contributed by atoms with Gasteiger partial charge in [-0.3, -0.25) is 14.7 Å². The van der Waals surface area contributed by atoms with Gasteiger partial charge in [-0.2, -0.15) is 0 Å². The molecule has 0 saturated heterocycles. The highest BCUT2D eigenvalue weighted by atomic mass is 35.5. The van der Waals surface area contributed by atoms with Crippen LogP contribution in [-0.4, -0.2) is 18.0 Å². The van der Waals surface area contributed by atoms with Gasteiger partial charge in [0.25, 0.3) is 5.91 Å². The van der Waals surface area contributed by atoms with Gasteiger partial charge >= 0.3 is 0 Å². The smallest absolute Gasteiger partial charge is 0.262 e. The zero-order valence-electron chi connectivity index (χ0n) is 14.9. The number of rotatable bonds is 4. The fraction of sp³-hybridized carbons (Fsp3) is 0.143. The first-order valence-corrected chi connectivity index (χ1v) is 8.92. The van der Waals surface area contributed by atoms with E-state index in [-0.39, 0.29) is 5.91 Å². The molecule has 5 nitrogen and oxygen atoms in total. The third-order valence-electron chi connectivity index (χ3n) is 4.61. The van der Waals surface area contributed by atoms with Crippen LogP contribution in [0.5, 0.6) is 5.75 Å². The zero-order chi connectivity index (χ0) is 19.0. The Labute approximate surface area is 162 Å². The van der Waals surface area contributed by atoms with E-state index in [2.05, 4.69) is 10.3 Å². The Bertz CT molecular complexity index is 1010. The summed E-state index contributed by atoms with van der Waals surface area (Å²) >= 11 is 6.23. The molecule has 1 aromatic heterocycles. The van der Waals surface area contributed by atoms with Crippen LogP contribution in [0.25, 0.3) is 0 Å². The van der Waals surface area contributed by atoms with Crippen molar-refractivity contribution in [2.45, 2.75) is 13.1 Å². The molecule has 0 aliphatic carbocycles. The number of carbonyl (C=O) groups excluding carboxylic acids is 1. The molecular formula is C21H18ClN3O2. The third kappa shape index (κ3) is 3.00. The second kappa shape index (κ2) is 6.93. The van der Waals surface area contributed by atoms with Gasteiger partial charge in [-0.1, -0.05) is 29.8 Å². The number of fused-ring (bicyclic) bond motifs is 1. The molecule has 4 rings (SSSR count). The summed E-state index contributed by atoms with van der Waals surface area (Å²) in [5.41, 5.74) is 3.72. The van der Waals surface area contributed by atoms with E-state index in [1.807, 2.05) is 43.3 Å². The van der Waals surface area contributed by atoms with Crippen LogP contribution in [0.2, 0.25) is 5.02 Å². The van der Waals surface area contributed by atoms with Crippen LogP contribution in [0.4, 0.5) is 11.4 Å². The highest BCUT2D eigenvalue weighted by molar-refractivity contribution is 6.31. The summed E-state index contributed by atoms with van der Waals surface area (Å²) < 4.78 is 5.48. The molecule has 0 bridgehead atoms. The Hall–Kier alpha value is -3.05.